The smallest absolute Gasteiger partial charge is 0.143 e. The lowest BCUT2D eigenvalue weighted by Gasteiger charge is -2.08. The standard InChI is InChI=1S/C29H18N4S2/c1-2-8-18(9-3-1)27(21-14-16-23(30-21)28-32-19-10-4-6-12-25(19)34-28)22-15-17-24(31-22)29-33-20-11-5-7-13-26(20)35-29/h1-17,30H/b27-22-. The largest absolute Gasteiger partial charge is 0.353 e. The van der Waals surface area contributed by atoms with Gasteiger partial charge >= 0.3 is 0 Å². The Balaban J connectivity index is 1.34. The maximum atomic E-state index is 5.02. The lowest BCUT2D eigenvalue weighted by atomic mass is 10.0. The van der Waals surface area contributed by atoms with E-state index in [1.807, 2.05) is 30.3 Å². The zero-order valence-corrected chi connectivity index (χ0v) is 20.1. The summed E-state index contributed by atoms with van der Waals surface area (Å²) in [5.74, 6) is 0. The number of thiazole rings is 2. The molecule has 0 unspecified atom stereocenters. The first-order valence-corrected chi connectivity index (χ1v) is 12.9. The number of hydrogen-bond acceptors (Lipinski definition) is 5. The van der Waals surface area contributed by atoms with Crippen LogP contribution in [0.2, 0.25) is 0 Å². The molecule has 1 aliphatic rings. The van der Waals surface area contributed by atoms with Gasteiger partial charge in [0.15, 0.2) is 0 Å². The van der Waals surface area contributed by atoms with Gasteiger partial charge < -0.3 is 4.98 Å². The number of aliphatic imine (C=N–C) groups is 1. The Morgan fingerprint density at radius 3 is 2.03 bits per heavy atom. The highest BCUT2D eigenvalue weighted by Crippen LogP contribution is 2.35. The van der Waals surface area contributed by atoms with E-state index in [2.05, 4.69) is 77.8 Å². The van der Waals surface area contributed by atoms with Crippen molar-refractivity contribution in [2.24, 2.45) is 4.99 Å². The molecule has 0 bridgehead atoms. The van der Waals surface area contributed by atoms with Crippen LogP contribution in [0.1, 0.15) is 16.3 Å². The third-order valence-electron chi connectivity index (χ3n) is 5.95. The minimum atomic E-state index is 0.896. The van der Waals surface area contributed by atoms with Gasteiger partial charge in [0.2, 0.25) is 0 Å². The third kappa shape index (κ3) is 3.64. The van der Waals surface area contributed by atoms with Crippen LogP contribution in [-0.4, -0.2) is 20.7 Å². The highest BCUT2D eigenvalue weighted by Gasteiger charge is 2.19. The second-order valence-electron chi connectivity index (χ2n) is 8.22. The summed E-state index contributed by atoms with van der Waals surface area (Å²) in [5.41, 5.74) is 8.04. The van der Waals surface area contributed by atoms with Gasteiger partial charge in [-0.25, -0.2) is 15.0 Å². The van der Waals surface area contributed by atoms with Crippen molar-refractivity contribution in [3.05, 3.63) is 125 Å². The monoisotopic (exact) mass is 486 g/mol. The zero-order valence-electron chi connectivity index (χ0n) is 18.5. The van der Waals surface area contributed by atoms with Gasteiger partial charge in [-0.2, -0.15) is 0 Å². The van der Waals surface area contributed by atoms with E-state index >= 15 is 0 Å². The number of fused-ring (bicyclic) bond motifs is 2. The van der Waals surface area contributed by atoms with Gasteiger partial charge in [-0.3, -0.25) is 0 Å². The molecule has 0 aliphatic carbocycles. The molecule has 3 aromatic carbocycles. The van der Waals surface area contributed by atoms with Gasteiger partial charge in [0.25, 0.3) is 0 Å². The van der Waals surface area contributed by atoms with Gasteiger partial charge in [-0.15, -0.1) is 22.7 Å². The molecule has 0 atom stereocenters. The molecule has 7 rings (SSSR count). The van der Waals surface area contributed by atoms with Crippen LogP contribution < -0.4 is 0 Å². The molecule has 6 aromatic rings. The first-order chi connectivity index (χ1) is 17.3. The molecule has 4 heterocycles. The summed E-state index contributed by atoms with van der Waals surface area (Å²) in [4.78, 5) is 18.3. The molecule has 0 fully saturated rings. The van der Waals surface area contributed by atoms with E-state index < -0.39 is 0 Å². The van der Waals surface area contributed by atoms with Crippen molar-refractivity contribution in [1.29, 1.82) is 0 Å². The molecule has 0 amide bonds. The van der Waals surface area contributed by atoms with E-state index in [1.54, 1.807) is 22.7 Å². The molecular formula is C29H18N4S2. The summed E-state index contributed by atoms with van der Waals surface area (Å²) in [6.45, 7) is 0. The van der Waals surface area contributed by atoms with Crippen molar-refractivity contribution in [2.75, 3.05) is 0 Å². The van der Waals surface area contributed by atoms with E-state index in [-0.39, 0.29) is 0 Å². The predicted molar refractivity (Wildman–Crippen MR) is 147 cm³/mol. The fourth-order valence-corrected chi connectivity index (χ4v) is 6.18. The van der Waals surface area contributed by atoms with Crippen molar-refractivity contribution in [2.45, 2.75) is 0 Å². The molecule has 0 saturated heterocycles. The number of hydrogen-bond donors (Lipinski definition) is 1. The summed E-state index contributed by atoms with van der Waals surface area (Å²) in [6.07, 6.45) is 4.15. The molecule has 0 spiro atoms. The Labute approximate surface area is 209 Å². The van der Waals surface area contributed by atoms with E-state index in [1.165, 1.54) is 9.40 Å². The second kappa shape index (κ2) is 8.27. The Kier molecular flexibility index (Phi) is 4.79. The molecule has 3 aromatic heterocycles. The highest BCUT2D eigenvalue weighted by atomic mass is 32.1. The summed E-state index contributed by atoms with van der Waals surface area (Å²) in [6, 6.07) is 31.1. The van der Waals surface area contributed by atoms with Crippen LogP contribution in [-0.2, 0) is 0 Å². The maximum absolute atomic E-state index is 5.02. The number of aromatic nitrogens is 3. The van der Waals surface area contributed by atoms with Crippen LogP contribution >= 0.6 is 22.7 Å². The van der Waals surface area contributed by atoms with E-state index in [9.17, 15) is 0 Å². The van der Waals surface area contributed by atoms with Crippen LogP contribution in [0.5, 0.6) is 0 Å². The fourth-order valence-electron chi connectivity index (χ4n) is 4.30. The predicted octanol–water partition coefficient (Wildman–Crippen LogP) is 7.72. The highest BCUT2D eigenvalue weighted by molar-refractivity contribution is 7.21. The molecule has 166 valence electrons. The van der Waals surface area contributed by atoms with Crippen LogP contribution in [0.25, 0.3) is 36.7 Å². The fraction of sp³-hybridized carbons (Fsp3) is 0. The first kappa shape index (κ1) is 20.3. The number of nitrogens with zero attached hydrogens (tertiary/aromatic N) is 3. The van der Waals surface area contributed by atoms with Crippen LogP contribution in [0, 0.1) is 0 Å². The van der Waals surface area contributed by atoms with Crippen molar-refractivity contribution in [3.8, 4) is 10.7 Å². The van der Waals surface area contributed by atoms with Gasteiger partial charge in [0.05, 0.1) is 37.5 Å². The van der Waals surface area contributed by atoms with Crippen LogP contribution in [0.3, 0.4) is 0 Å². The number of benzene rings is 3. The number of nitrogens with one attached hydrogen (secondary N) is 1. The normalized spacial score (nSPS) is 14.7. The Morgan fingerprint density at radius 2 is 1.29 bits per heavy atom. The molecule has 0 radical (unpaired) electrons. The second-order valence-corrected chi connectivity index (χ2v) is 10.3. The average Bonchev–Trinajstić information content (AvgIpc) is 3.70. The summed E-state index contributed by atoms with van der Waals surface area (Å²) in [5, 5.41) is 1.92. The van der Waals surface area contributed by atoms with E-state index in [4.69, 9.17) is 15.0 Å². The third-order valence-corrected chi connectivity index (χ3v) is 8.08. The first-order valence-electron chi connectivity index (χ1n) is 11.3. The maximum Gasteiger partial charge on any atom is 0.143 e. The van der Waals surface area contributed by atoms with Crippen molar-refractivity contribution < 1.29 is 0 Å². The lowest BCUT2D eigenvalue weighted by Crippen LogP contribution is -1.94. The van der Waals surface area contributed by atoms with Gasteiger partial charge in [0, 0.05) is 11.3 Å². The van der Waals surface area contributed by atoms with E-state index in [0.717, 1.165) is 55.0 Å². The minimum Gasteiger partial charge on any atom is -0.353 e. The lowest BCUT2D eigenvalue weighted by molar-refractivity contribution is 1.30. The zero-order chi connectivity index (χ0) is 23.2. The average molecular weight is 487 g/mol. The quantitative estimate of drug-likeness (QED) is 0.277. The molecule has 4 nitrogen and oxygen atoms in total. The van der Waals surface area contributed by atoms with Crippen LogP contribution in [0.4, 0.5) is 0 Å². The van der Waals surface area contributed by atoms with Crippen molar-refractivity contribution >= 4 is 54.4 Å². The van der Waals surface area contributed by atoms with Crippen molar-refractivity contribution in [1.82, 2.24) is 15.0 Å². The van der Waals surface area contributed by atoms with Gasteiger partial charge in [-0.1, -0.05) is 54.6 Å². The molecule has 6 heteroatoms. The van der Waals surface area contributed by atoms with Crippen LogP contribution in [0.15, 0.2) is 114 Å². The molecule has 1 N–H and O–H groups in total. The van der Waals surface area contributed by atoms with Gasteiger partial charge in [0.1, 0.15) is 10.0 Å². The molecule has 1 aliphatic heterocycles. The summed E-state index contributed by atoms with van der Waals surface area (Å²) in [7, 11) is 0. The summed E-state index contributed by atoms with van der Waals surface area (Å²) < 4.78 is 2.35. The topological polar surface area (TPSA) is 53.9 Å². The number of rotatable bonds is 4. The minimum absolute atomic E-state index is 0.896. The Hall–Kier alpha value is -4.13. The van der Waals surface area contributed by atoms with Crippen molar-refractivity contribution in [3.63, 3.8) is 0 Å². The summed E-state index contributed by atoms with van der Waals surface area (Å²) >= 11 is 3.37. The van der Waals surface area contributed by atoms with E-state index in [0.29, 0.717) is 0 Å². The number of para-hydroxylation sites is 2. The Morgan fingerprint density at radius 1 is 0.629 bits per heavy atom. The SMILES string of the molecule is C1=C/C(=C(\c2ccccc2)c2ccc(-c3nc4ccccc4s3)[nH]2)N=C1c1nc2ccccc2s1. The Bertz CT molecular complexity index is 1730. The van der Waals surface area contributed by atoms with Gasteiger partial charge in [-0.05, 0) is 54.1 Å². The number of aromatic amines is 1. The molecule has 0 saturated carbocycles. The molecule has 35 heavy (non-hydrogen) atoms. The molecular weight excluding hydrogens is 468 g/mol. The number of allylic oxidation sites excluding steroid dienone is 2. The number of H-pyrrole nitrogens is 1.